The van der Waals surface area contributed by atoms with Crippen LogP contribution in [0.2, 0.25) is 0 Å². The largest absolute Gasteiger partial charge is 0.548 e. The third-order valence-electron chi connectivity index (χ3n) is 3.89. The Kier molecular flexibility index (Phi) is 5.39. The summed E-state index contributed by atoms with van der Waals surface area (Å²) in [5.41, 5.74) is 2.37. The molecule has 4 nitrogen and oxygen atoms in total. The maximum Gasteiger partial charge on any atom is 0.251 e. The van der Waals surface area contributed by atoms with E-state index in [0.717, 1.165) is 11.1 Å². The zero-order valence-corrected chi connectivity index (χ0v) is 14.2. The summed E-state index contributed by atoms with van der Waals surface area (Å²) in [6.07, 6.45) is 0.189. The molecule has 0 aliphatic heterocycles. The van der Waals surface area contributed by atoms with E-state index in [0.29, 0.717) is 5.56 Å². The van der Waals surface area contributed by atoms with Gasteiger partial charge in [0.15, 0.2) is 0 Å². The summed E-state index contributed by atoms with van der Waals surface area (Å²) in [5, 5.41) is 13.9. The molecule has 24 heavy (non-hydrogen) atoms. The van der Waals surface area contributed by atoms with Crippen LogP contribution >= 0.6 is 0 Å². The van der Waals surface area contributed by atoms with Crippen LogP contribution in [0.5, 0.6) is 0 Å². The van der Waals surface area contributed by atoms with Gasteiger partial charge in [-0.15, -0.1) is 0 Å². The van der Waals surface area contributed by atoms with E-state index in [1.165, 1.54) is 0 Å². The lowest BCUT2D eigenvalue weighted by molar-refractivity contribution is -0.308. The fraction of sp³-hybridized carbons (Fsp3) is 0.300. The van der Waals surface area contributed by atoms with Crippen LogP contribution in [-0.2, 0) is 16.6 Å². The first-order chi connectivity index (χ1) is 11.3. The maximum absolute atomic E-state index is 12.3. The molecule has 0 fully saturated rings. The molecular weight excluding hydrogens is 302 g/mol. The van der Waals surface area contributed by atoms with Crippen molar-refractivity contribution in [1.82, 2.24) is 5.32 Å². The number of carboxylic acid groups (broad SMARTS) is 1. The number of carbonyl (C=O) groups is 2. The van der Waals surface area contributed by atoms with E-state index < -0.39 is 17.9 Å². The summed E-state index contributed by atoms with van der Waals surface area (Å²) >= 11 is 0. The number of benzene rings is 2. The number of nitrogens with one attached hydrogen (secondary N) is 1. The van der Waals surface area contributed by atoms with Gasteiger partial charge in [-0.25, -0.2) is 0 Å². The van der Waals surface area contributed by atoms with Crippen molar-refractivity contribution in [2.45, 2.75) is 38.6 Å². The molecule has 0 heterocycles. The normalized spacial score (nSPS) is 12.5. The topological polar surface area (TPSA) is 69.2 Å². The Morgan fingerprint density at radius 3 is 2.08 bits per heavy atom. The Labute approximate surface area is 142 Å². The molecule has 126 valence electrons. The van der Waals surface area contributed by atoms with E-state index in [2.05, 4.69) is 26.1 Å². The summed E-state index contributed by atoms with van der Waals surface area (Å²) in [5.74, 6) is -1.71. The number of carboxylic acids is 1. The third-order valence-corrected chi connectivity index (χ3v) is 3.89. The highest BCUT2D eigenvalue weighted by atomic mass is 16.4. The molecule has 1 N–H and O–H groups in total. The van der Waals surface area contributed by atoms with Gasteiger partial charge in [0.1, 0.15) is 0 Å². The van der Waals surface area contributed by atoms with Crippen LogP contribution in [0.1, 0.15) is 42.3 Å². The fourth-order valence-electron chi connectivity index (χ4n) is 2.41. The number of hydrogen-bond acceptors (Lipinski definition) is 3. The molecule has 0 radical (unpaired) electrons. The molecule has 1 amide bonds. The van der Waals surface area contributed by atoms with Crippen molar-refractivity contribution in [3.8, 4) is 0 Å². The van der Waals surface area contributed by atoms with Gasteiger partial charge in [-0.2, -0.15) is 0 Å². The Balaban J connectivity index is 2.09. The van der Waals surface area contributed by atoms with E-state index in [9.17, 15) is 14.7 Å². The summed E-state index contributed by atoms with van der Waals surface area (Å²) < 4.78 is 0. The molecule has 2 aromatic rings. The molecule has 2 rings (SSSR count). The molecule has 0 aliphatic carbocycles. The first-order valence-electron chi connectivity index (χ1n) is 7.93. The van der Waals surface area contributed by atoms with Crippen LogP contribution in [0, 0.1) is 0 Å². The summed E-state index contributed by atoms with van der Waals surface area (Å²) in [7, 11) is 0. The van der Waals surface area contributed by atoms with Crippen LogP contribution in [0.4, 0.5) is 0 Å². The second kappa shape index (κ2) is 7.30. The standard InChI is InChI=1S/C20H23NO3/c1-20(2,3)16-11-9-15(10-12-16)18(22)21-17(19(23)24)13-14-7-5-4-6-8-14/h4-12,17H,13H2,1-3H3,(H,21,22)(H,23,24)/p-1/t17-/m1/s1. The zero-order chi connectivity index (χ0) is 17.7. The van der Waals surface area contributed by atoms with Crippen molar-refractivity contribution in [1.29, 1.82) is 0 Å². The molecule has 0 unspecified atom stereocenters. The van der Waals surface area contributed by atoms with Crippen molar-refractivity contribution < 1.29 is 14.7 Å². The van der Waals surface area contributed by atoms with E-state index in [1.807, 2.05) is 42.5 Å². The Bertz CT molecular complexity index is 700. The monoisotopic (exact) mass is 324 g/mol. The van der Waals surface area contributed by atoms with Gasteiger partial charge in [-0.1, -0.05) is 63.2 Å². The average Bonchev–Trinajstić information content (AvgIpc) is 2.54. The lowest BCUT2D eigenvalue weighted by Crippen LogP contribution is -2.49. The minimum Gasteiger partial charge on any atom is -0.548 e. The predicted octanol–water partition coefficient (Wildman–Crippen LogP) is 2.08. The Morgan fingerprint density at radius 2 is 1.58 bits per heavy atom. The van der Waals surface area contributed by atoms with Gasteiger partial charge >= 0.3 is 0 Å². The highest BCUT2D eigenvalue weighted by molar-refractivity contribution is 5.96. The fourth-order valence-corrected chi connectivity index (χ4v) is 2.41. The van der Waals surface area contributed by atoms with Gasteiger partial charge in [0.2, 0.25) is 0 Å². The Hall–Kier alpha value is -2.62. The SMILES string of the molecule is CC(C)(C)c1ccc(C(=O)N[C@H](Cc2ccccc2)C(=O)[O-])cc1. The zero-order valence-electron chi connectivity index (χ0n) is 14.2. The maximum atomic E-state index is 12.3. The van der Waals surface area contributed by atoms with Crippen LogP contribution in [0.15, 0.2) is 54.6 Å². The van der Waals surface area contributed by atoms with Crippen LogP contribution in [0.25, 0.3) is 0 Å². The van der Waals surface area contributed by atoms with E-state index in [1.54, 1.807) is 12.1 Å². The highest BCUT2D eigenvalue weighted by Crippen LogP contribution is 2.22. The van der Waals surface area contributed by atoms with Crippen LogP contribution in [-0.4, -0.2) is 17.9 Å². The number of rotatable bonds is 5. The van der Waals surface area contributed by atoms with Gasteiger partial charge in [-0.05, 0) is 35.1 Å². The van der Waals surface area contributed by atoms with E-state index in [-0.39, 0.29) is 11.8 Å². The molecule has 2 aromatic carbocycles. The molecule has 0 saturated carbocycles. The molecule has 0 saturated heterocycles. The summed E-state index contributed by atoms with van der Waals surface area (Å²) in [6, 6.07) is 15.3. The minimum atomic E-state index is -1.29. The lowest BCUT2D eigenvalue weighted by atomic mass is 9.86. The summed E-state index contributed by atoms with van der Waals surface area (Å²) in [4.78, 5) is 23.6. The van der Waals surface area contributed by atoms with E-state index >= 15 is 0 Å². The lowest BCUT2D eigenvalue weighted by Gasteiger charge is -2.21. The van der Waals surface area contributed by atoms with Crippen molar-refractivity contribution in [2.24, 2.45) is 0 Å². The second-order valence-electron chi connectivity index (χ2n) is 6.86. The number of aliphatic carboxylic acids is 1. The number of carbonyl (C=O) groups excluding carboxylic acids is 2. The van der Waals surface area contributed by atoms with Gasteiger partial charge in [0.25, 0.3) is 5.91 Å². The predicted molar refractivity (Wildman–Crippen MR) is 91.5 cm³/mol. The quantitative estimate of drug-likeness (QED) is 0.915. The summed E-state index contributed by atoms with van der Waals surface area (Å²) in [6.45, 7) is 6.27. The van der Waals surface area contributed by atoms with Crippen LogP contribution < -0.4 is 10.4 Å². The molecule has 0 bridgehead atoms. The smallest absolute Gasteiger partial charge is 0.251 e. The van der Waals surface area contributed by atoms with Crippen molar-refractivity contribution in [3.05, 3.63) is 71.3 Å². The van der Waals surface area contributed by atoms with Gasteiger partial charge < -0.3 is 15.2 Å². The number of amides is 1. The van der Waals surface area contributed by atoms with Crippen LogP contribution in [0.3, 0.4) is 0 Å². The van der Waals surface area contributed by atoms with Crippen molar-refractivity contribution in [2.75, 3.05) is 0 Å². The van der Waals surface area contributed by atoms with Gasteiger partial charge in [0, 0.05) is 5.56 Å². The van der Waals surface area contributed by atoms with E-state index in [4.69, 9.17) is 0 Å². The first kappa shape index (κ1) is 17.7. The number of hydrogen-bond donors (Lipinski definition) is 1. The molecule has 0 aromatic heterocycles. The molecule has 0 spiro atoms. The average molecular weight is 324 g/mol. The van der Waals surface area contributed by atoms with Gasteiger partial charge in [0.05, 0.1) is 12.0 Å². The Morgan fingerprint density at radius 1 is 1.00 bits per heavy atom. The molecule has 4 heteroatoms. The second-order valence-corrected chi connectivity index (χ2v) is 6.86. The first-order valence-corrected chi connectivity index (χ1v) is 7.93. The van der Waals surface area contributed by atoms with Crippen molar-refractivity contribution in [3.63, 3.8) is 0 Å². The van der Waals surface area contributed by atoms with Gasteiger partial charge in [-0.3, -0.25) is 4.79 Å². The molecular formula is C20H22NO3-. The van der Waals surface area contributed by atoms with Crippen molar-refractivity contribution >= 4 is 11.9 Å². The third kappa shape index (κ3) is 4.69. The molecule has 0 aliphatic rings. The minimum absolute atomic E-state index is 0.00413. The molecule has 1 atom stereocenters. The highest BCUT2D eigenvalue weighted by Gasteiger charge is 2.17.